The molecule has 1 heterocycles. The Morgan fingerprint density at radius 2 is 1.13 bits per heavy atom. The topological polar surface area (TPSA) is 0 Å². The second-order valence-electron chi connectivity index (χ2n) is 3.82. The van der Waals surface area contributed by atoms with Crippen molar-refractivity contribution in [1.29, 1.82) is 0 Å². The van der Waals surface area contributed by atoms with Crippen LogP contribution >= 0.6 is 0 Å². The number of hydrogen-bond acceptors (Lipinski definition) is 0. The van der Waals surface area contributed by atoms with Gasteiger partial charge < -0.3 is 0 Å². The molecule has 0 amide bonds. The Labute approximate surface area is 100 Å². The molecule has 0 fully saturated rings. The molecule has 1 aliphatic heterocycles. The Morgan fingerprint density at radius 3 is 1.67 bits per heavy atom. The molecule has 1 aliphatic rings. The van der Waals surface area contributed by atoms with E-state index in [0.717, 1.165) is 0 Å². The maximum atomic E-state index is 2.32. The van der Waals surface area contributed by atoms with Crippen LogP contribution in [0.2, 0.25) is 0 Å². The van der Waals surface area contributed by atoms with E-state index >= 15 is 0 Å². The quantitative estimate of drug-likeness (QED) is 0.646. The van der Waals surface area contributed by atoms with E-state index in [0.29, 0.717) is 0 Å². The van der Waals surface area contributed by atoms with Crippen LogP contribution in [0.5, 0.6) is 0 Å². The summed E-state index contributed by atoms with van der Waals surface area (Å²) in [6.07, 6.45) is 2.44. The van der Waals surface area contributed by atoms with Crippen molar-refractivity contribution in [3.8, 4) is 0 Å². The molecule has 0 bridgehead atoms. The number of rotatable bonds is 0. The van der Waals surface area contributed by atoms with Gasteiger partial charge in [-0.3, -0.25) is 0 Å². The van der Waals surface area contributed by atoms with E-state index in [4.69, 9.17) is 0 Å². The van der Waals surface area contributed by atoms with Crippen molar-refractivity contribution < 1.29 is 0 Å². The fourth-order valence-corrected chi connectivity index (χ4v) is 5.24. The number of aryl methyl sites for hydroxylation is 2. The van der Waals surface area contributed by atoms with Crippen molar-refractivity contribution in [2.24, 2.45) is 0 Å². The van der Waals surface area contributed by atoms with Gasteiger partial charge in [0.05, 0.1) is 0 Å². The third kappa shape index (κ3) is 1.83. The zero-order valence-electron chi connectivity index (χ0n) is 8.44. The molecule has 0 radical (unpaired) electrons. The first-order chi connectivity index (χ1) is 7.43. The van der Waals surface area contributed by atoms with Gasteiger partial charge in [-0.15, -0.1) is 0 Å². The Balaban J connectivity index is 2.10. The van der Waals surface area contributed by atoms with Crippen molar-refractivity contribution >= 4 is 28.1 Å². The Bertz CT molecular complexity index is 443. The van der Waals surface area contributed by atoms with Gasteiger partial charge in [0.1, 0.15) is 0 Å². The van der Waals surface area contributed by atoms with Crippen LogP contribution in [0.4, 0.5) is 0 Å². The molecule has 0 aromatic heterocycles. The third-order valence-electron chi connectivity index (χ3n) is 2.83. The predicted octanol–water partition coefficient (Wildman–Crippen LogP) is 1.44. The number of hydrogen-bond donors (Lipinski definition) is 0. The monoisotopic (exact) mass is 310 g/mol. The summed E-state index contributed by atoms with van der Waals surface area (Å²) >= 11 is -0.144. The predicted molar refractivity (Wildman–Crippen MR) is 65.3 cm³/mol. The molecular formula is C14H12Te. The van der Waals surface area contributed by atoms with Crippen LogP contribution in [0.1, 0.15) is 11.1 Å². The number of benzene rings is 2. The molecule has 3 rings (SSSR count). The molecule has 2 aromatic rings. The van der Waals surface area contributed by atoms with Crippen molar-refractivity contribution in [1.82, 2.24) is 0 Å². The van der Waals surface area contributed by atoms with Crippen LogP contribution in [-0.4, -0.2) is 20.9 Å². The Morgan fingerprint density at radius 1 is 0.667 bits per heavy atom. The van der Waals surface area contributed by atoms with Crippen LogP contribution in [-0.2, 0) is 12.8 Å². The second-order valence-corrected chi connectivity index (χ2v) is 6.91. The van der Waals surface area contributed by atoms with Gasteiger partial charge in [0, 0.05) is 0 Å². The molecule has 0 saturated heterocycles. The van der Waals surface area contributed by atoms with Crippen LogP contribution in [0.3, 0.4) is 0 Å². The minimum absolute atomic E-state index is 0.144. The molecule has 0 spiro atoms. The first-order valence-corrected chi connectivity index (χ1v) is 7.60. The van der Waals surface area contributed by atoms with Gasteiger partial charge in [-0.05, 0) is 0 Å². The molecular weight excluding hydrogens is 296 g/mol. The fourth-order valence-electron chi connectivity index (χ4n) is 2.01. The van der Waals surface area contributed by atoms with E-state index < -0.39 is 0 Å². The molecule has 0 saturated carbocycles. The van der Waals surface area contributed by atoms with Crippen LogP contribution in [0.25, 0.3) is 0 Å². The van der Waals surface area contributed by atoms with Crippen molar-refractivity contribution in [3.63, 3.8) is 0 Å². The van der Waals surface area contributed by atoms with Crippen molar-refractivity contribution in [2.45, 2.75) is 12.8 Å². The molecule has 0 nitrogen and oxygen atoms in total. The summed E-state index contributed by atoms with van der Waals surface area (Å²) in [6, 6.07) is 17.9. The number of fused-ring (bicyclic) bond motifs is 2. The molecule has 2 aromatic carbocycles. The fraction of sp³-hybridized carbons (Fsp3) is 0.143. The van der Waals surface area contributed by atoms with Gasteiger partial charge in [0.2, 0.25) is 0 Å². The van der Waals surface area contributed by atoms with E-state index in [9.17, 15) is 0 Å². The molecule has 1 heteroatoms. The summed E-state index contributed by atoms with van der Waals surface area (Å²) in [5.74, 6) is 0. The van der Waals surface area contributed by atoms with E-state index in [1.54, 1.807) is 18.3 Å². The van der Waals surface area contributed by atoms with Gasteiger partial charge in [-0.1, -0.05) is 0 Å². The summed E-state index contributed by atoms with van der Waals surface area (Å²) in [6.45, 7) is 0. The molecule has 0 aliphatic carbocycles. The van der Waals surface area contributed by atoms with Gasteiger partial charge in [0.25, 0.3) is 0 Å². The van der Waals surface area contributed by atoms with Crippen LogP contribution in [0, 0.1) is 0 Å². The normalized spacial score (nSPS) is 13.9. The van der Waals surface area contributed by atoms with E-state index in [1.807, 2.05) is 0 Å². The zero-order valence-corrected chi connectivity index (χ0v) is 10.8. The third-order valence-corrected chi connectivity index (χ3v) is 6.36. The van der Waals surface area contributed by atoms with Crippen molar-refractivity contribution in [2.75, 3.05) is 0 Å². The second kappa shape index (κ2) is 4.00. The molecule has 0 unspecified atom stereocenters. The van der Waals surface area contributed by atoms with Gasteiger partial charge >= 0.3 is 101 Å². The SMILES string of the molecule is c1ccc2c(c1)CCc1ccccc1[Te]2. The molecule has 15 heavy (non-hydrogen) atoms. The molecule has 74 valence electrons. The summed E-state index contributed by atoms with van der Waals surface area (Å²) < 4.78 is 3.26. The van der Waals surface area contributed by atoms with E-state index in [2.05, 4.69) is 48.5 Å². The minimum atomic E-state index is -0.144. The summed E-state index contributed by atoms with van der Waals surface area (Å²) in [5, 5.41) is 0. The van der Waals surface area contributed by atoms with Gasteiger partial charge in [-0.2, -0.15) is 0 Å². The first kappa shape index (κ1) is 9.46. The van der Waals surface area contributed by atoms with E-state index in [1.165, 1.54) is 12.8 Å². The van der Waals surface area contributed by atoms with Crippen LogP contribution < -0.4 is 7.22 Å². The molecule has 0 atom stereocenters. The van der Waals surface area contributed by atoms with Gasteiger partial charge in [-0.25, -0.2) is 0 Å². The Kier molecular flexibility index (Phi) is 2.52. The van der Waals surface area contributed by atoms with Crippen molar-refractivity contribution in [3.05, 3.63) is 59.7 Å². The van der Waals surface area contributed by atoms with Gasteiger partial charge in [0.15, 0.2) is 0 Å². The summed E-state index contributed by atoms with van der Waals surface area (Å²) in [5.41, 5.74) is 3.16. The average Bonchev–Trinajstić information content (AvgIpc) is 2.48. The van der Waals surface area contributed by atoms with E-state index in [-0.39, 0.29) is 20.9 Å². The Hall–Kier alpha value is -0.770. The average molecular weight is 308 g/mol. The summed E-state index contributed by atoms with van der Waals surface area (Å²) in [7, 11) is 0. The molecule has 0 N–H and O–H groups in total. The first-order valence-electron chi connectivity index (χ1n) is 5.27. The zero-order chi connectivity index (χ0) is 10.1. The maximum absolute atomic E-state index is 2.32. The summed E-state index contributed by atoms with van der Waals surface area (Å²) in [4.78, 5) is 0. The van der Waals surface area contributed by atoms with Crippen LogP contribution in [0.15, 0.2) is 48.5 Å². The standard InChI is InChI=1S/C14H12Te/c1-3-7-13-11(5-1)9-10-12-6-2-4-8-14(12)15-13/h1-8H,9-10H2.